The number of allylic oxidation sites excluding steroid dienone is 2. The molecule has 0 N–H and O–H groups in total. The Hall–Kier alpha value is -0.870. The summed E-state index contributed by atoms with van der Waals surface area (Å²) in [5.74, 6) is 0.560. The highest BCUT2D eigenvalue weighted by atomic mass is 16.9. The zero-order chi connectivity index (χ0) is 8.97. The van der Waals surface area contributed by atoms with Gasteiger partial charge in [0.1, 0.15) is 6.61 Å². The molecule has 4 heteroatoms. The van der Waals surface area contributed by atoms with Crippen LogP contribution in [0.1, 0.15) is 13.8 Å². The summed E-state index contributed by atoms with van der Waals surface area (Å²) >= 11 is 0. The van der Waals surface area contributed by atoms with Gasteiger partial charge in [0.15, 0.2) is 18.9 Å². The highest BCUT2D eigenvalue weighted by molar-refractivity contribution is 5.87. The molecule has 0 saturated carbocycles. The second kappa shape index (κ2) is 4.23. The van der Waals surface area contributed by atoms with Crippen LogP contribution in [0.2, 0.25) is 0 Å². The number of hydrogen-bond acceptors (Lipinski definition) is 4. The second-order valence-electron chi connectivity index (χ2n) is 2.56. The van der Waals surface area contributed by atoms with Crippen molar-refractivity contribution in [2.24, 2.45) is 0 Å². The average Bonchev–Trinajstić information content (AvgIpc) is 1.81. The molecule has 1 aliphatic heterocycles. The van der Waals surface area contributed by atoms with Gasteiger partial charge in [0.05, 0.1) is 5.76 Å². The van der Waals surface area contributed by atoms with Crippen LogP contribution in [0.4, 0.5) is 0 Å². The largest absolute Gasteiger partial charge is 0.493 e. The third-order valence-electron chi connectivity index (χ3n) is 1.36. The Morgan fingerprint density at radius 1 is 1.58 bits per heavy atom. The van der Waals surface area contributed by atoms with Gasteiger partial charge in [0.2, 0.25) is 0 Å². The summed E-state index contributed by atoms with van der Waals surface area (Å²) in [7, 11) is 0. The Morgan fingerprint density at radius 2 is 2.25 bits per heavy atom. The minimum Gasteiger partial charge on any atom is -0.493 e. The zero-order valence-corrected chi connectivity index (χ0v) is 7.20. The third kappa shape index (κ3) is 3.02. The first kappa shape index (κ1) is 9.22. The van der Waals surface area contributed by atoms with Crippen molar-refractivity contribution in [1.82, 2.24) is 0 Å². The normalized spacial score (nSPS) is 18.7. The molecule has 1 aliphatic rings. The summed E-state index contributed by atoms with van der Waals surface area (Å²) in [6, 6.07) is 0. The molecule has 12 heavy (non-hydrogen) atoms. The van der Waals surface area contributed by atoms with Crippen molar-refractivity contribution in [2.75, 3.05) is 13.4 Å². The van der Waals surface area contributed by atoms with E-state index < -0.39 is 0 Å². The summed E-state index contributed by atoms with van der Waals surface area (Å²) in [6.07, 6.45) is 1.17. The quantitative estimate of drug-likeness (QED) is 0.465. The molecular weight excluding hydrogens is 160 g/mol. The maximum Gasteiger partial charge on any atom is 0.196 e. The number of carbonyl (C=O) groups is 1. The van der Waals surface area contributed by atoms with Crippen molar-refractivity contribution in [3.63, 3.8) is 0 Å². The molecule has 1 rings (SSSR count). The summed E-state index contributed by atoms with van der Waals surface area (Å²) in [5.41, 5.74) is 0. The predicted molar refractivity (Wildman–Crippen MR) is 41.2 cm³/mol. The van der Waals surface area contributed by atoms with E-state index >= 15 is 0 Å². The second-order valence-corrected chi connectivity index (χ2v) is 2.56. The van der Waals surface area contributed by atoms with Gasteiger partial charge < -0.3 is 14.2 Å². The highest BCUT2D eigenvalue weighted by Gasteiger charge is 2.18. The van der Waals surface area contributed by atoms with E-state index in [9.17, 15) is 4.79 Å². The molecule has 0 aromatic carbocycles. The number of carbonyl (C=O) groups excluding carboxylic acids is 1. The van der Waals surface area contributed by atoms with Gasteiger partial charge in [-0.15, -0.1) is 0 Å². The van der Waals surface area contributed by atoms with E-state index in [1.54, 1.807) is 6.92 Å². The van der Waals surface area contributed by atoms with Crippen LogP contribution in [-0.4, -0.2) is 25.5 Å². The standard InChI is InChI=1S/C8H12O4/c1-6(9)3-7(2)10-4-8-11-5-12-8/h3,8H,4-5H2,1-2H3/b7-3-. The van der Waals surface area contributed by atoms with Crippen LogP contribution in [-0.2, 0) is 19.0 Å². The molecule has 0 amide bonds. The lowest BCUT2D eigenvalue weighted by Gasteiger charge is -2.26. The molecule has 0 aliphatic carbocycles. The van der Waals surface area contributed by atoms with Crippen LogP contribution in [0.15, 0.2) is 11.8 Å². The summed E-state index contributed by atoms with van der Waals surface area (Å²) in [4.78, 5) is 10.6. The lowest BCUT2D eigenvalue weighted by atomic mass is 10.4. The summed E-state index contributed by atoms with van der Waals surface area (Å²) < 4.78 is 15.0. The SMILES string of the molecule is CC(=O)/C=C(/C)OCC1OCO1. The van der Waals surface area contributed by atoms with Gasteiger partial charge in [0, 0.05) is 6.08 Å². The molecule has 0 radical (unpaired) electrons. The Balaban J connectivity index is 2.16. The molecule has 0 unspecified atom stereocenters. The van der Waals surface area contributed by atoms with E-state index in [0.717, 1.165) is 0 Å². The Kier molecular flexibility index (Phi) is 3.25. The molecule has 1 fully saturated rings. The van der Waals surface area contributed by atoms with Gasteiger partial charge in [-0.25, -0.2) is 0 Å². The zero-order valence-electron chi connectivity index (χ0n) is 7.20. The van der Waals surface area contributed by atoms with E-state index in [2.05, 4.69) is 0 Å². The van der Waals surface area contributed by atoms with Gasteiger partial charge in [-0.1, -0.05) is 0 Å². The van der Waals surface area contributed by atoms with E-state index in [0.29, 0.717) is 19.2 Å². The van der Waals surface area contributed by atoms with Gasteiger partial charge >= 0.3 is 0 Å². The molecule has 0 aromatic heterocycles. The molecule has 68 valence electrons. The molecule has 4 nitrogen and oxygen atoms in total. The van der Waals surface area contributed by atoms with Crippen LogP contribution in [0.3, 0.4) is 0 Å². The lowest BCUT2D eigenvalue weighted by Crippen LogP contribution is -2.34. The molecular formula is C8H12O4. The first-order valence-corrected chi connectivity index (χ1v) is 3.73. The van der Waals surface area contributed by atoms with Crippen molar-refractivity contribution < 1.29 is 19.0 Å². The number of rotatable bonds is 4. The van der Waals surface area contributed by atoms with Crippen molar-refractivity contribution in [1.29, 1.82) is 0 Å². The Labute approximate surface area is 71.1 Å². The topological polar surface area (TPSA) is 44.8 Å². The fraction of sp³-hybridized carbons (Fsp3) is 0.625. The monoisotopic (exact) mass is 172 g/mol. The molecule has 0 atom stereocenters. The average molecular weight is 172 g/mol. The van der Waals surface area contributed by atoms with E-state index in [1.165, 1.54) is 13.0 Å². The van der Waals surface area contributed by atoms with Gasteiger partial charge in [-0.05, 0) is 13.8 Å². The fourth-order valence-electron chi connectivity index (χ4n) is 0.788. The van der Waals surface area contributed by atoms with Gasteiger partial charge in [-0.3, -0.25) is 4.79 Å². The van der Waals surface area contributed by atoms with Crippen LogP contribution >= 0.6 is 0 Å². The molecule has 0 aromatic rings. The van der Waals surface area contributed by atoms with E-state index in [-0.39, 0.29) is 12.1 Å². The van der Waals surface area contributed by atoms with E-state index in [1.807, 2.05) is 0 Å². The molecule has 1 heterocycles. The van der Waals surface area contributed by atoms with Crippen LogP contribution in [0, 0.1) is 0 Å². The first-order valence-electron chi connectivity index (χ1n) is 3.73. The Morgan fingerprint density at radius 3 is 2.67 bits per heavy atom. The maximum atomic E-state index is 10.6. The van der Waals surface area contributed by atoms with Crippen molar-refractivity contribution >= 4 is 5.78 Å². The van der Waals surface area contributed by atoms with E-state index in [4.69, 9.17) is 14.2 Å². The van der Waals surface area contributed by atoms with Gasteiger partial charge in [-0.2, -0.15) is 0 Å². The van der Waals surface area contributed by atoms with Crippen molar-refractivity contribution in [2.45, 2.75) is 20.1 Å². The molecule has 0 spiro atoms. The minimum absolute atomic E-state index is 0.0250. The highest BCUT2D eigenvalue weighted by Crippen LogP contribution is 2.08. The minimum atomic E-state index is -0.264. The number of ketones is 1. The van der Waals surface area contributed by atoms with Crippen LogP contribution < -0.4 is 0 Å². The summed E-state index contributed by atoms with van der Waals surface area (Å²) in [5, 5.41) is 0. The predicted octanol–water partition coefficient (Wildman–Crippen LogP) is 0.826. The maximum absolute atomic E-state index is 10.6. The number of hydrogen-bond donors (Lipinski definition) is 0. The van der Waals surface area contributed by atoms with Crippen molar-refractivity contribution in [3.05, 3.63) is 11.8 Å². The first-order chi connectivity index (χ1) is 5.68. The third-order valence-corrected chi connectivity index (χ3v) is 1.36. The molecule has 0 bridgehead atoms. The van der Waals surface area contributed by atoms with Crippen LogP contribution in [0.5, 0.6) is 0 Å². The lowest BCUT2D eigenvalue weighted by molar-refractivity contribution is -0.330. The van der Waals surface area contributed by atoms with Gasteiger partial charge in [0.25, 0.3) is 0 Å². The Bertz CT molecular complexity index is 193. The van der Waals surface area contributed by atoms with Crippen molar-refractivity contribution in [3.8, 4) is 0 Å². The smallest absolute Gasteiger partial charge is 0.196 e. The van der Waals surface area contributed by atoms with Crippen LogP contribution in [0.25, 0.3) is 0 Å². The summed E-state index contributed by atoms with van der Waals surface area (Å²) in [6.45, 7) is 3.88. The number of ether oxygens (including phenoxy) is 3. The molecule has 1 saturated heterocycles. The fourth-order valence-corrected chi connectivity index (χ4v) is 0.788.